The first-order valence-electron chi connectivity index (χ1n) is 6.84. The van der Waals surface area contributed by atoms with Gasteiger partial charge in [0.2, 0.25) is 0 Å². The minimum atomic E-state index is -0.834. The van der Waals surface area contributed by atoms with Gasteiger partial charge in [-0.05, 0) is 37.8 Å². The van der Waals surface area contributed by atoms with Crippen LogP contribution in [0.2, 0.25) is 5.02 Å². The van der Waals surface area contributed by atoms with Gasteiger partial charge in [-0.15, -0.1) is 0 Å². The van der Waals surface area contributed by atoms with Crippen molar-refractivity contribution in [3.63, 3.8) is 0 Å². The highest BCUT2D eigenvalue weighted by atomic mass is 35.5. The zero-order valence-corrected chi connectivity index (χ0v) is 12.9. The van der Waals surface area contributed by atoms with Crippen molar-refractivity contribution in [1.29, 1.82) is 0 Å². The van der Waals surface area contributed by atoms with Crippen LogP contribution in [0.25, 0.3) is 0 Å². The summed E-state index contributed by atoms with van der Waals surface area (Å²) in [5.74, 6) is 0.237. The number of carboxylic acids is 1. The predicted molar refractivity (Wildman–Crippen MR) is 79.1 cm³/mol. The lowest BCUT2D eigenvalue weighted by molar-refractivity contribution is -0.137. The van der Waals surface area contributed by atoms with Crippen molar-refractivity contribution in [1.82, 2.24) is 0 Å². The third kappa shape index (κ3) is 4.30. The Morgan fingerprint density at radius 1 is 1.20 bits per heavy atom. The van der Waals surface area contributed by atoms with Crippen molar-refractivity contribution in [3.05, 3.63) is 22.7 Å². The molecule has 1 atom stereocenters. The fourth-order valence-corrected chi connectivity index (χ4v) is 2.39. The Kier molecular flexibility index (Phi) is 6.65. The van der Waals surface area contributed by atoms with Crippen molar-refractivity contribution in [2.45, 2.75) is 39.5 Å². The molecule has 0 saturated carbocycles. The van der Waals surface area contributed by atoms with Crippen LogP contribution in [0.15, 0.2) is 12.1 Å². The summed E-state index contributed by atoms with van der Waals surface area (Å²) in [4.78, 5) is 10.9. The Morgan fingerprint density at radius 2 is 1.75 bits per heavy atom. The van der Waals surface area contributed by atoms with Gasteiger partial charge in [-0.3, -0.25) is 4.79 Å². The van der Waals surface area contributed by atoms with Crippen molar-refractivity contribution < 1.29 is 19.4 Å². The number of aliphatic carboxylic acids is 1. The lowest BCUT2D eigenvalue weighted by Gasteiger charge is -2.18. The molecule has 0 aliphatic rings. The average Bonchev–Trinajstić information content (AvgIpc) is 2.39. The zero-order valence-electron chi connectivity index (χ0n) is 12.1. The molecule has 0 aromatic heterocycles. The molecule has 0 radical (unpaired) electrons. The summed E-state index contributed by atoms with van der Waals surface area (Å²) < 4.78 is 11.0. The van der Waals surface area contributed by atoms with Crippen molar-refractivity contribution in [2.24, 2.45) is 0 Å². The van der Waals surface area contributed by atoms with E-state index >= 15 is 0 Å². The van der Waals surface area contributed by atoms with Gasteiger partial charge in [0.05, 0.1) is 19.6 Å². The second kappa shape index (κ2) is 8.00. The van der Waals surface area contributed by atoms with Crippen molar-refractivity contribution >= 4 is 17.6 Å². The SMILES string of the molecule is CCOc1cc(Cl)c(C(CC)CC(=O)O)cc1OCC. The number of carboxylic acid groups (broad SMARTS) is 1. The first kappa shape index (κ1) is 16.6. The molecule has 1 unspecified atom stereocenters. The van der Waals surface area contributed by atoms with Crippen LogP contribution < -0.4 is 9.47 Å². The van der Waals surface area contributed by atoms with E-state index in [1.54, 1.807) is 12.1 Å². The van der Waals surface area contributed by atoms with E-state index in [2.05, 4.69) is 0 Å². The van der Waals surface area contributed by atoms with E-state index in [0.29, 0.717) is 36.2 Å². The van der Waals surface area contributed by atoms with Crippen LogP contribution in [-0.2, 0) is 4.79 Å². The number of hydrogen-bond donors (Lipinski definition) is 1. The van der Waals surface area contributed by atoms with Gasteiger partial charge < -0.3 is 14.6 Å². The third-order valence-corrected chi connectivity index (χ3v) is 3.34. The van der Waals surface area contributed by atoms with Crippen LogP contribution in [0.1, 0.15) is 45.1 Å². The summed E-state index contributed by atoms with van der Waals surface area (Å²) in [6, 6.07) is 3.50. The predicted octanol–water partition coefficient (Wildman–Crippen LogP) is 4.11. The summed E-state index contributed by atoms with van der Waals surface area (Å²) in [6.07, 6.45) is 0.751. The fraction of sp³-hybridized carbons (Fsp3) is 0.533. The Morgan fingerprint density at radius 3 is 2.20 bits per heavy atom. The van der Waals surface area contributed by atoms with Crippen LogP contribution in [-0.4, -0.2) is 24.3 Å². The van der Waals surface area contributed by atoms with Gasteiger partial charge in [0.25, 0.3) is 0 Å². The van der Waals surface area contributed by atoms with Crippen molar-refractivity contribution in [3.8, 4) is 11.5 Å². The molecular weight excluding hydrogens is 280 g/mol. The molecule has 20 heavy (non-hydrogen) atoms. The van der Waals surface area contributed by atoms with Gasteiger partial charge in [0.15, 0.2) is 11.5 Å². The van der Waals surface area contributed by atoms with Crippen LogP contribution in [0.4, 0.5) is 0 Å². The number of carbonyl (C=O) groups is 1. The lowest BCUT2D eigenvalue weighted by Crippen LogP contribution is -2.07. The molecule has 1 N–H and O–H groups in total. The first-order chi connectivity index (χ1) is 9.53. The Labute approximate surface area is 124 Å². The maximum atomic E-state index is 10.9. The number of ether oxygens (including phenoxy) is 2. The van der Waals surface area contributed by atoms with Gasteiger partial charge in [-0.25, -0.2) is 0 Å². The van der Waals surface area contributed by atoms with Crippen LogP contribution in [0.5, 0.6) is 11.5 Å². The molecule has 0 heterocycles. The Balaban J connectivity index is 3.18. The summed E-state index contributed by atoms with van der Waals surface area (Å²) in [5, 5.41) is 9.50. The maximum absolute atomic E-state index is 10.9. The largest absolute Gasteiger partial charge is 0.490 e. The molecule has 1 rings (SSSR count). The van der Waals surface area contributed by atoms with Gasteiger partial charge in [0.1, 0.15) is 0 Å². The minimum Gasteiger partial charge on any atom is -0.490 e. The smallest absolute Gasteiger partial charge is 0.303 e. The maximum Gasteiger partial charge on any atom is 0.303 e. The van der Waals surface area contributed by atoms with Gasteiger partial charge in [-0.1, -0.05) is 18.5 Å². The van der Waals surface area contributed by atoms with Crippen molar-refractivity contribution in [2.75, 3.05) is 13.2 Å². The fourth-order valence-electron chi connectivity index (χ4n) is 2.09. The van der Waals surface area contributed by atoms with E-state index < -0.39 is 5.97 Å². The monoisotopic (exact) mass is 300 g/mol. The van der Waals surface area contributed by atoms with Gasteiger partial charge in [0, 0.05) is 11.1 Å². The highest BCUT2D eigenvalue weighted by Gasteiger charge is 2.20. The summed E-state index contributed by atoms with van der Waals surface area (Å²) in [6.45, 7) is 6.75. The molecule has 0 aliphatic heterocycles. The average molecular weight is 301 g/mol. The highest BCUT2D eigenvalue weighted by molar-refractivity contribution is 6.31. The van der Waals surface area contributed by atoms with E-state index in [1.165, 1.54) is 0 Å². The first-order valence-corrected chi connectivity index (χ1v) is 7.22. The molecule has 1 aromatic carbocycles. The lowest BCUT2D eigenvalue weighted by atomic mass is 9.93. The number of halogens is 1. The standard InChI is InChI=1S/C15H21ClO4/c1-4-10(7-15(17)18)11-8-13(19-5-2)14(20-6-3)9-12(11)16/h8-10H,4-7H2,1-3H3,(H,17,18). The minimum absolute atomic E-state index is 0.0514. The summed E-state index contributed by atoms with van der Waals surface area (Å²) in [5.41, 5.74) is 0.795. The quantitative estimate of drug-likeness (QED) is 0.785. The second-order valence-corrected chi connectivity index (χ2v) is 4.80. The molecule has 112 valence electrons. The Hall–Kier alpha value is -1.42. The topological polar surface area (TPSA) is 55.8 Å². The molecular formula is C15H21ClO4. The van der Waals surface area contributed by atoms with E-state index in [0.717, 1.165) is 5.56 Å². The molecule has 1 aromatic rings. The molecule has 5 heteroatoms. The molecule has 0 bridgehead atoms. The van der Waals surface area contributed by atoms with E-state index in [-0.39, 0.29) is 12.3 Å². The van der Waals surface area contributed by atoms with E-state index in [1.807, 2.05) is 20.8 Å². The molecule has 0 amide bonds. The second-order valence-electron chi connectivity index (χ2n) is 4.39. The van der Waals surface area contributed by atoms with Crippen LogP contribution in [0.3, 0.4) is 0 Å². The zero-order chi connectivity index (χ0) is 15.1. The molecule has 0 saturated heterocycles. The normalized spacial score (nSPS) is 12.0. The molecule has 0 spiro atoms. The van der Waals surface area contributed by atoms with E-state index in [4.69, 9.17) is 26.2 Å². The molecule has 0 fully saturated rings. The van der Waals surface area contributed by atoms with Gasteiger partial charge >= 0.3 is 5.97 Å². The molecule has 4 nitrogen and oxygen atoms in total. The van der Waals surface area contributed by atoms with Gasteiger partial charge in [-0.2, -0.15) is 0 Å². The summed E-state index contributed by atoms with van der Waals surface area (Å²) in [7, 11) is 0. The van der Waals surface area contributed by atoms with E-state index in [9.17, 15) is 4.79 Å². The van der Waals surface area contributed by atoms with Crippen LogP contribution >= 0.6 is 11.6 Å². The number of benzene rings is 1. The van der Waals surface area contributed by atoms with Crippen LogP contribution in [0, 0.1) is 0 Å². The third-order valence-electron chi connectivity index (χ3n) is 3.02. The highest BCUT2D eigenvalue weighted by Crippen LogP contribution is 2.38. The summed E-state index contributed by atoms with van der Waals surface area (Å²) >= 11 is 6.27. The Bertz CT molecular complexity index is 459. The number of hydrogen-bond acceptors (Lipinski definition) is 3. The molecule has 0 aliphatic carbocycles. The number of rotatable bonds is 8.